The fourth-order valence-electron chi connectivity index (χ4n) is 2.02. The molecular formula is C11H23NO2. The third kappa shape index (κ3) is 3.23. The second-order valence-electron chi connectivity index (χ2n) is 4.58. The molecule has 0 saturated heterocycles. The summed E-state index contributed by atoms with van der Waals surface area (Å²) >= 11 is 0. The molecule has 0 amide bonds. The van der Waals surface area contributed by atoms with Crippen molar-refractivity contribution in [3.05, 3.63) is 0 Å². The Morgan fingerprint density at radius 3 is 2.57 bits per heavy atom. The van der Waals surface area contributed by atoms with Crippen LogP contribution in [-0.4, -0.2) is 37.0 Å². The highest BCUT2D eigenvalue weighted by Gasteiger charge is 2.27. The van der Waals surface area contributed by atoms with Gasteiger partial charge in [-0.1, -0.05) is 13.8 Å². The summed E-state index contributed by atoms with van der Waals surface area (Å²) in [6.07, 6.45) is 3.01. The lowest BCUT2D eigenvalue weighted by Gasteiger charge is -2.27. The molecule has 84 valence electrons. The number of aliphatic hydroxyl groups is 1. The van der Waals surface area contributed by atoms with Crippen LogP contribution in [0, 0.1) is 5.92 Å². The predicted octanol–water partition coefficient (Wildman–Crippen LogP) is 1.16. The number of ether oxygens (including phenoxy) is 1. The minimum Gasteiger partial charge on any atom is -0.392 e. The summed E-state index contributed by atoms with van der Waals surface area (Å²) in [4.78, 5) is 0. The molecule has 3 atom stereocenters. The van der Waals surface area contributed by atoms with Crippen LogP contribution in [-0.2, 0) is 4.74 Å². The Labute approximate surface area is 86.8 Å². The summed E-state index contributed by atoms with van der Waals surface area (Å²) in [6.45, 7) is 5.08. The summed E-state index contributed by atoms with van der Waals surface area (Å²) in [6, 6.07) is 0.635. The molecule has 1 aliphatic rings. The maximum Gasteiger partial charge on any atom is 0.0693 e. The second-order valence-corrected chi connectivity index (χ2v) is 4.58. The van der Waals surface area contributed by atoms with Crippen molar-refractivity contribution in [1.82, 2.24) is 5.32 Å². The molecule has 0 spiro atoms. The zero-order valence-electron chi connectivity index (χ0n) is 9.49. The molecule has 0 aromatic rings. The summed E-state index contributed by atoms with van der Waals surface area (Å²) in [5, 5.41) is 13.2. The molecule has 0 radical (unpaired) electrons. The van der Waals surface area contributed by atoms with Crippen molar-refractivity contribution >= 4 is 0 Å². The van der Waals surface area contributed by atoms with Crippen LogP contribution in [0.25, 0.3) is 0 Å². The van der Waals surface area contributed by atoms with E-state index in [0.717, 1.165) is 25.9 Å². The van der Waals surface area contributed by atoms with Gasteiger partial charge in [0.2, 0.25) is 0 Å². The van der Waals surface area contributed by atoms with Gasteiger partial charge in [-0.25, -0.2) is 0 Å². The Morgan fingerprint density at radius 1 is 1.43 bits per heavy atom. The minimum absolute atomic E-state index is 0.159. The van der Waals surface area contributed by atoms with Crippen molar-refractivity contribution < 1.29 is 9.84 Å². The number of hydrogen-bond acceptors (Lipinski definition) is 3. The van der Waals surface area contributed by atoms with Crippen LogP contribution < -0.4 is 5.32 Å². The van der Waals surface area contributed by atoms with Crippen LogP contribution in [0.15, 0.2) is 0 Å². The summed E-state index contributed by atoms with van der Waals surface area (Å²) in [7, 11) is 1.72. The molecule has 1 aliphatic carbocycles. The number of hydrogen-bond donors (Lipinski definition) is 2. The van der Waals surface area contributed by atoms with E-state index in [0.29, 0.717) is 12.0 Å². The van der Waals surface area contributed by atoms with E-state index in [1.54, 1.807) is 7.11 Å². The van der Waals surface area contributed by atoms with E-state index in [1.807, 2.05) is 0 Å². The maximum absolute atomic E-state index is 9.68. The van der Waals surface area contributed by atoms with Gasteiger partial charge in [0.25, 0.3) is 0 Å². The molecular weight excluding hydrogens is 178 g/mol. The average molecular weight is 201 g/mol. The fourth-order valence-corrected chi connectivity index (χ4v) is 2.02. The molecule has 0 heterocycles. The van der Waals surface area contributed by atoms with Gasteiger partial charge in [0, 0.05) is 19.2 Å². The minimum atomic E-state index is -0.159. The van der Waals surface area contributed by atoms with Gasteiger partial charge in [-0.15, -0.1) is 0 Å². The molecule has 2 N–H and O–H groups in total. The highest BCUT2D eigenvalue weighted by Crippen LogP contribution is 2.20. The Kier molecular flexibility index (Phi) is 4.85. The summed E-state index contributed by atoms with van der Waals surface area (Å²) in [5.74, 6) is 0.544. The van der Waals surface area contributed by atoms with Crippen molar-refractivity contribution in [2.24, 2.45) is 5.92 Å². The zero-order valence-corrected chi connectivity index (χ0v) is 9.49. The lowest BCUT2D eigenvalue weighted by atomic mass is 10.0. The quantitative estimate of drug-likeness (QED) is 0.701. The molecule has 3 heteroatoms. The van der Waals surface area contributed by atoms with Gasteiger partial charge in [0.1, 0.15) is 0 Å². The summed E-state index contributed by atoms with van der Waals surface area (Å²) < 4.78 is 5.17. The SMILES string of the molecule is COCC(N[C@@H]1CCC[C@H]1O)C(C)C. The van der Waals surface area contributed by atoms with E-state index in [1.165, 1.54) is 0 Å². The molecule has 1 unspecified atom stereocenters. The Bertz CT molecular complexity index is 161. The first-order valence-electron chi connectivity index (χ1n) is 5.58. The second kappa shape index (κ2) is 5.69. The van der Waals surface area contributed by atoms with Crippen molar-refractivity contribution in [2.45, 2.75) is 51.3 Å². The van der Waals surface area contributed by atoms with Crippen molar-refractivity contribution in [1.29, 1.82) is 0 Å². The van der Waals surface area contributed by atoms with Crippen LogP contribution in [0.4, 0.5) is 0 Å². The highest BCUT2D eigenvalue weighted by molar-refractivity contribution is 4.86. The van der Waals surface area contributed by atoms with E-state index >= 15 is 0 Å². The van der Waals surface area contributed by atoms with Gasteiger partial charge in [-0.3, -0.25) is 0 Å². The smallest absolute Gasteiger partial charge is 0.0693 e. The maximum atomic E-state index is 9.68. The number of rotatable bonds is 5. The number of methoxy groups -OCH3 is 1. The van der Waals surface area contributed by atoms with Crippen LogP contribution in [0.5, 0.6) is 0 Å². The predicted molar refractivity (Wildman–Crippen MR) is 57.3 cm³/mol. The third-order valence-corrected chi connectivity index (χ3v) is 3.06. The van der Waals surface area contributed by atoms with Crippen LogP contribution in [0.3, 0.4) is 0 Å². The van der Waals surface area contributed by atoms with E-state index in [-0.39, 0.29) is 12.1 Å². The van der Waals surface area contributed by atoms with Crippen LogP contribution >= 0.6 is 0 Å². The lowest BCUT2D eigenvalue weighted by molar-refractivity contribution is 0.105. The Morgan fingerprint density at radius 2 is 2.14 bits per heavy atom. The van der Waals surface area contributed by atoms with E-state index in [9.17, 15) is 5.11 Å². The molecule has 1 fully saturated rings. The molecule has 0 aliphatic heterocycles. The Hall–Kier alpha value is -0.120. The van der Waals surface area contributed by atoms with Crippen molar-refractivity contribution in [2.75, 3.05) is 13.7 Å². The highest BCUT2D eigenvalue weighted by atomic mass is 16.5. The van der Waals surface area contributed by atoms with Crippen molar-refractivity contribution in [3.8, 4) is 0 Å². The van der Waals surface area contributed by atoms with E-state index < -0.39 is 0 Å². The normalized spacial score (nSPS) is 29.8. The van der Waals surface area contributed by atoms with Crippen molar-refractivity contribution in [3.63, 3.8) is 0 Å². The molecule has 3 nitrogen and oxygen atoms in total. The molecule has 0 aromatic heterocycles. The van der Waals surface area contributed by atoms with Gasteiger partial charge >= 0.3 is 0 Å². The molecule has 14 heavy (non-hydrogen) atoms. The molecule has 1 rings (SSSR count). The first-order chi connectivity index (χ1) is 6.65. The molecule has 0 bridgehead atoms. The zero-order chi connectivity index (χ0) is 10.6. The molecule has 1 saturated carbocycles. The number of nitrogens with one attached hydrogen (secondary N) is 1. The van der Waals surface area contributed by atoms with Gasteiger partial charge in [0.15, 0.2) is 0 Å². The fraction of sp³-hybridized carbons (Fsp3) is 1.00. The van der Waals surface area contributed by atoms with E-state index in [2.05, 4.69) is 19.2 Å². The first-order valence-corrected chi connectivity index (χ1v) is 5.58. The molecule has 0 aromatic carbocycles. The largest absolute Gasteiger partial charge is 0.392 e. The van der Waals surface area contributed by atoms with Gasteiger partial charge in [-0.2, -0.15) is 0 Å². The van der Waals surface area contributed by atoms with Gasteiger partial charge in [-0.05, 0) is 25.2 Å². The number of aliphatic hydroxyl groups excluding tert-OH is 1. The lowest BCUT2D eigenvalue weighted by Crippen LogP contribution is -2.47. The Balaban J connectivity index is 2.37. The summed E-state index contributed by atoms with van der Waals surface area (Å²) in [5.41, 5.74) is 0. The standard InChI is InChI=1S/C11H23NO2/c1-8(2)10(7-14-3)12-9-5-4-6-11(9)13/h8-13H,4-7H2,1-3H3/t9-,10?,11-/m1/s1. The van der Waals surface area contributed by atoms with Crippen LogP contribution in [0.1, 0.15) is 33.1 Å². The van der Waals surface area contributed by atoms with Crippen LogP contribution in [0.2, 0.25) is 0 Å². The van der Waals surface area contributed by atoms with E-state index in [4.69, 9.17) is 4.74 Å². The third-order valence-electron chi connectivity index (χ3n) is 3.06. The topological polar surface area (TPSA) is 41.5 Å². The average Bonchev–Trinajstić information content (AvgIpc) is 2.51. The van der Waals surface area contributed by atoms with Gasteiger partial charge < -0.3 is 15.2 Å². The first kappa shape index (κ1) is 12.0. The van der Waals surface area contributed by atoms with Gasteiger partial charge in [0.05, 0.1) is 12.7 Å². The monoisotopic (exact) mass is 201 g/mol.